The van der Waals surface area contributed by atoms with Crippen molar-refractivity contribution in [3.63, 3.8) is 0 Å². The summed E-state index contributed by atoms with van der Waals surface area (Å²) >= 11 is 0. The molecule has 0 saturated carbocycles. The summed E-state index contributed by atoms with van der Waals surface area (Å²) in [6.45, 7) is 0. The molecule has 0 spiro atoms. The van der Waals surface area contributed by atoms with Crippen molar-refractivity contribution < 1.29 is 9.59 Å². The SMILES string of the molecule is O=CCC1CC(=O)N1. The number of amides is 1. The van der Waals surface area contributed by atoms with Crippen LogP contribution in [0.2, 0.25) is 0 Å². The largest absolute Gasteiger partial charge is 0.352 e. The second-order valence-corrected chi connectivity index (χ2v) is 1.87. The molecule has 1 fully saturated rings. The van der Waals surface area contributed by atoms with Gasteiger partial charge in [-0.1, -0.05) is 0 Å². The van der Waals surface area contributed by atoms with E-state index in [1.165, 1.54) is 0 Å². The standard InChI is InChI=1S/C5H7NO2/c7-2-1-4-3-5(8)6-4/h2,4H,1,3H2,(H,6,8). The first kappa shape index (κ1) is 5.28. The lowest BCUT2D eigenvalue weighted by Gasteiger charge is -2.24. The van der Waals surface area contributed by atoms with Crippen molar-refractivity contribution in [2.24, 2.45) is 0 Å². The fourth-order valence-electron chi connectivity index (χ4n) is 0.689. The van der Waals surface area contributed by atoms with Crippen LogP contribution in [0.1, 0.15) is 12.8 Å². The molecular formula is C5H7NO2. The molecule has 3 heteroatoms. The lowest BCUT2D eigenvalue weighted by Crippen LogP contribution is -2.48. The van der Waals surface area contributed by atoms with Crippen LogP contribution >= 0.6 is 0 Å². The maximum atomic E-state index is 10.2. The maximum Gasteiger partial charge on any atom is 0.222 e. The molecule has 0 aromatic carbocycles. The molecule has 1 atom stereocenters. The minimum absolute atomic E-state index is 0.0526. The van der Waals surface area contributed by atoms with Crippen LogP contribution in [0, 0.1) is 0 Å². The summed E-state index contributed by atoms with van der Waals surface area (Å²) < 4.78 is 0. The number of rotatable bonds is 2. The lowest BCUT2D eigenvalue weighted by atomic mass is 10.0. The first-order valence-electron chi connectivity index (χ1n) is 2.56. The van der Waals surface area contributed by atoms with E-state index in [1.807, 2.05) is 0 Å². The Morgan fingerprint density at radius 1 is 1.88 bits per heavy atom. The first-order chi connectivity index (χ1) is 3.83. The summed E-state index contributed by atoms with van der Waals surface area (Å²) in [5.74, 6) is 0.0526. The van der Waals surface area contributed by atoms with Crippen molar-refractivity contribution in [2.75, 3.05) is 0 Å². The molecule has 0 aromatic rings. The number of hydrogen-bond acceptors (Lipinski definition) is 2. The van der Waals surface area contributed by atoms with Crippen molar-refractivity contribution in [1.29, 1.82) is 0 Å². The predicted molar refractivity (Wildman–Crippen MR) is 27.2 cm³/mol. The molecule has 1 saturated heterocycles. The summed E-state index contributed by atoms with van der Waals surface area (Å²) in [7, 11) is 0. The highest BCUT2D eigenvalue weighted by Gasteiger charge is 2.23. The zero-order valence-electron chi connectivity index (χ0n) is 4.39. The highest BCUT2D eigenvalue weighted by Crippen LogP contribution is 2.05. The van der Waals surface area contributed by atoms with Crippen LogP contribution in [0.5, 0.6) is 0 Å². The topological polar surface area (TPSA) is 46.2 Å². The van der Waals surface area contributed by atoms with E-state index in [9.17, 15) is 9.59 Å². The van der Waals surface area contributed by atoms with Crippen LogP contribution in [0.25, 0.3) is 0 Å². The number of β-lactam (4-membered cyclic amide) rings is 1. The lowest BCUT2D eigenvalue weighted by molar-refractivity contribution is -0.128. The Labute approximate surface area is 47.1 Å². The van der Waals surface area contributed by atoms with Gasteiger partial charge in [0.25, 0.3) is 0 Å². The molecule has 1 unspecified atom stereocenters. The number of carbonyl (C=O) groups is 2. The Morgan fingerprint density at radius 3 is 2.88 bits per heavy atom. The third-order valence-corrected chi connectivity index (χ3v) is 1.18. The van der Waals surface area contributed by atoms with E-state index >= 15 is 0 Å². The third kappa shape index (κ3) is 0.857. The van der Waals surface area contributed by atoms with E-state index in [0.717, 1.165) is 6.29 Å². The molecule has 0 aromatic heterocycles. The van der Waals surface area contributed by atoms with Crippen LogP contribution < -0.4 is 5.32 Å². The van der Waals surface area contributed by atoms with Gasteiger partial charge in [-0.05, 0) is 0 Å². The minimum atomic E-state index is 0.0526. The molecule has 1 aliphatic rings. The van der Waals surface area contributed by atoms with E-state index in [1.54, 1.807) is 0 Å². The van der Waals surface area contributed by atoms with Gasteiger partial charge in [0.05, 0.1) is 0 Å². The zero-order valence-corrected chi connectivity index (χ0v) is 4.39. The van der Waals surface area contributed by atoms with Gasteiger partial charge in [0.2, 0.25) is 5.91 Å². The fourth-order valence-corrected chi connectivity index (χ4v) is 0.689. The molecule has 0 bridgehead atoms. The van der Waals surface area contributed by atoms with Crippen LogP contribution in [-0.2, 0) is 9.59 Å². The van der Waals surface area contributed by atoms with Crippen molar-refractivity contribution in [3.8, 4) is 0 Å². The Balaban J connectivity index is 2.15. The van der Waals surface area contributed by atoms with E-state index < -0.39 is 0 Å². The van der Waals surface area contributed by atoms with Crippen LogP contribution in [0.3, 0.4) is 0 Å². The Bertz CT molecular complexity index is 111. The average Bonchev–Trinajstić information content (AvgIpc) is 1.64. The Morgan fingerprint density at radius 2 is 2.50 bits per heavy atom. The quantitative estimate of drug-likeness (QED) is 0.386. The number of hydrogen-bond donors (Lipinski definition) is 1. The molecule has 1 N–H and O–H groups in total. The molecular weight excluding hydrogens is 106 g/mol. The summed E-state index contributed by atoms with van der Waals surface area (Å²) in [5, 5.41) is 2.57. The molecule has 1 aliphatic heterocycles. The summed E-state index contributed by atoms with van der Waals surface area (Å²) in [5.41, 5.74) is 0. The number of nitrogens with one attached hydrogen (secondary N) is 1. The minimum Gasteiger partial charge on any atom is -0.352 e. The molecule has 0 aliphatic carbocycles. The second-order valence-electron chi connectivity index (χ2n) is 1.87. The normalized spacial score (nSPS) is 26.0. The van der Waals surface area contributed by atoms with Crippen molar-refractivity contribution in [1.82, 2.24) is 5.32 Å². The average molecular weight is 113 g/mol. The monoisotopic (exact) mass is 113 g/mol. The van der Waals surface area contributed by atoms with E-state index in [4.69, 9.17) is 0 Å². The highest BCUT2D eigenvalue weighted by atomic mass is 16.2. The van der Waals surface area contributed by atoms with E-state index in [2.05, 4.69) is 5.32 Å². The molecule has 3 nitrogen and oxygen atoms in total. The van der Waals surface area contributed by atoms with Gasteiger partial charge in [0, 0.05) is 18.9 Å². The Hall–Kier alpha value is -0.860. The van der Waals surface area contributed by atoms with Crippen LogP contribution in [-0.4, -0.2) is 18.2 Å². The predicted octanol–water partition coefficient (Wildman–Crippen LogP) is -0.536. The Kier molecular flexibility index (Phi) is 1.28. The van der Waals surface area contributed by atoms with Gasteiger partial charge in [-0.3, -0.25) is 4.79 Å². The van der Waals surface area contributed by atoms with Crippen LogP contribution in [0.15, 0.2) is 0 Å². The fraction of sp³-hybridized carbons (Fsp3) is 0.600. The number of aldehydes is 1. The van der Waals surface area contributed by atoms with Gasteiger partial charge in [-0.15, -0.1) is 0 Å². The van der Waals surface area contributed by atoms with Gasteiger partial charge in [0.1, 0.15) is 6.29 Å². The van der Waals surface area contributed by atoms with E-state index in [-0.39, 0.29) is 11.9 Å². The zero-order chi connectivity index (χ0) is 5.98. The van der Waals surface area contributed by atoms with Gasteiger partial charge in [0.15, 0.2) is 0 Å². The molecule has 1 rings (SSSR count). The second kappa shape index (κ2) is 1.94. The molecule has 1 heterocycles. The van der Waals surface area contributed by atoms with Crippen LogP contribution in [0.4, 0.5) is 0 Å². The maximum absolute atomic E-state index is 10.2. The van der Waals surface area contributed by atoms with Crippen molar-refractivity contribution >= 4 is 12.2 Å². The van der Waals surface area contributed by atoms with Gasteiger partial charge in [-0.2, -0.15) is 0 Å². The highest BCUT2D eigenvalue weighted by molar-refractivity contribution is 5.83. The molecule has 8 heavy (non-hydrogen) atoms. The van der Waals surface area contributed by atoms with Gasteiger partial charge < -0.3 is 10.1 Å². The molecule has 0 radical (unpaired) electrons. The smallest absolute Gasteiger partial charge is 0.222 e. The van der Waals surface area contributed by atoms with E-state index in [0.29, 0.717) is 12.8 Å². The first-order valence-corrected chi connectivity index (χ1v) is 2.56. The summed E-state index contributed by atoms with van der Waals surface area (Å²) in [6.07, 6.45) is 1.81. The van der Waals surface area contributed by atoms with Crippen molar-refractivity contribution in [2.45, 2.75) is 18.9 Å². The number of carbonyl (C=O) groups excluding carboxylic acids is 2. The molecule has 44 valence electrons. The third-order valence-electron chi connectivity index (χ3n) is 1.18. The summed E-state index contributed by atoms with van der Waals surface area (Å²) in [6, 6.07) is 0.139. The summed E-state index contributed by atoms with van der Waals surface area (Å²) in [4.78, 5) is 19.9. The van der Waals surface area contributed by atoms with Gasteiger partial charge >= 0.3 is 0 Å². The van der Waals surface area contributed by atoms with Crippen molar-refractivity contribution in [3.05, 3.63) is 0 Å². The molecule has 1 amide bonds. The van der Waals surface area contributed by atoms with Gasteiger partial charge in [-0.25, -0.2) is 0 Å².